The summed E-state index contributed by atoms with van der Waals surface area (Å²) in [6, 6.07) is -1.01. The minimum absolute atomic E-state index is 0.0127. The zero-order chi connectivity index (χ0) is 43.9. The van der Waals surface area contributed by atoms with Crippen molar-refractivity contribution in [2.45, 2.75) is 159 Å². The summed E-state index contributed by atoms with van der Waals surface area (Å²) in [5.41, 5.74) is 0. The Bertz CT molecular complexity index is 2140. The van der Waals surface area contributed by atoms with E-state index in [4.69, 9.17) is 4.74 Å². The maximum Gasteiger partial charge on any atom is 0.297 e. The molecule has 60 heavy (non-hydrogen) atoms. The van der Waals surface area contributed by atoms with Crippen molar-refractivity contribution >= 4 is 5.91 Å². The Morgan fingerprint density at radius 2 is 0.917 bits per heavy atom. The smallest absolute Gasteiger partial charge is 0.297 e. The number of nitrogens with one attached hydrogen (secondary N) is 1. The lowest BCUT2D eigenvalue weighted by atomic mass is 9.90. The molecule has 1 heterocycles. The van der Waals surface area contributed by atoms with Gasteiger partial charge in [0.25, 0.3) is 5.91 Å². The van der Waals surface area contributed by atoms with E-state index in [1.54, 1.807) is 6.92 Å². The number of ether oxygens (including phenoxy) is 1. The second-order valence-electron chi connectivity index (χ2n) is 13.4. The van der Waals surface area contributed by atoms with E-state index < -0.39 is 61.3 Å². The zero-order valence-corrected chi connectivity index (χ0v) is 34.4. The van der Waals surface area contributed by atoms with Gasteiger partial charge in [-0.2, -0.15) is 0 Å². The summed E-state index contributed by atoms with van der Waals surface area (Å²) >= 11 is 0. The van der Waals surface area contributed by atoms with E-state index in [1.807, 2.05) is 0 Å². The van der Waals surface area contributed by atoms with Crippen molar-refractivity contribution in [1.29, 1.82) is 0 Å². The number of carbonyl (C=O) groups excluding carboxylic acids is 1. The van der Waals surface area contributed by atoms with E-state index in [2.05, 4.69) is 154 Å². The van der Waals surface area contributed by atoms with Crippen LogP contribution in [-0.2, 0) is 9.53 Å². The first-order valence-electron chi connectivity index (χ1n) is 20.2. The predicted molar refractivity (Wildman–Crippen MR) is 232 cm³/mol. The van der Waals surface area contributed by atoms with Crippen molar-refractivity contribution in [3.8, 4) is 142 Å². The van der Waals surface area contributed by atoms with Crippen molar-refractivity contribution in [1.82, 2.24) is 5.32 Å². The molecule has 0 aromatic rings. The quantitative estimate of drug-likeness (QED) is 0.0727. The van der Waals surface area contributed by atoms with E-state index in [1.165, 1.54) is 51.4 Å². The van der Waals surface area contributed by atoms with Gasteiger partial charge in [0.2, 0.25) is 0 Å². The third-order valence-electron chi connectivity index (χ3n) is 8.84. The van der Waals surface area contributed by atoms with Crippen molar-refractivity contribution in [2.24, 2.45) is 0 Å². The van der Waals surface area contributed by atoms with Crippen LogP contribution in [0.1, 0.15) is 110 Å². The predicted octanol–water partition coefficient (Wildman–Crippen LogP) is 1.97. The Hall–Kier alpha value is -6.09. The molecular weight excluding hydrogens is 755 g/mol. The molecule has 0 bridgehead atoms. The second-order valence-corrected chi connectivity index (χ2v) is 13.4. The monoisotopic (exact) mass is 807 g/mol. The molecule has 1 aliphatic rings. The van der Waals surface area contributed by atoms with Crippen LogP contribution in [0.3, 0.4) is 0 Å². The van der Waals surface area contributed by atoms with E-state index in [9.17, 15) is 35.4 Å². The molecule has 0 spiro atoms. The number of aliphatic hydroxyl groups is 6. The van der Waals surface area contributed by atoms with Crippen LogP contribution in [0.4, 0.5) is 0 Å². The molecule has 1 saturated heterocycles. The lowest BCUT2D eigenvalue weighted by Crippen LogP contribution is -2.59. The lowest BCUT2D eigenvalue weighted by Gasteiger charge is -2.40. The van der Waals surface area contributed by atoms with Gasteiger partial charge < -0.3 is 40.7 Å². The van der Waals surface area contributed by atoms with Crippen molar-refractivity contribution < 1.29 is 40.2 Å². The highest BCUT2D eigenvalue weighted by Crippen LogP contribution is 2.25. The molecule has 0 aromatic heterocycles. The Labute approximate surface area is 358 Å². The van der Waals surface area contributed by atoms with Crippen LogP contribution >= 0.6 is 0 Å². The number of hydrogen-bond acceptors (Lipinski definition) is 8. The summed E-state index contributed by atoms with van der Waals surface area (Å²) in [4.78, 5) is 12.7. The van der Waals surface area contributed by atoms with Crippen molar-refractivity contribution in [3.05, 3.63) is 0 Å². The highest BCUT2D eigenvalue weighted by Gasteiger charge is 2.43. The zero-order valence-electron chi connectivity index (χ0n) is 34.4. The maximum absolute atomic E-state index is 12.7. The Morgan fingerprint density at radius 3 is 1.33 bits per heavy atom. The van der Waals surface area contributed by atoms with Crippen LogP contribution in [0.25, 0.3) is 0 Å². The minimum Gasteiger partial charge on any atom is -0.394 e. The standard InChI is InChI=1S/C51H53NO8/c1-3-5-7-9-11-13-15-17-18-19-20-21-22-23-24-25-26-27-29-31-33-35-37-39-47(55)52-43(40-41-45-49(57)51(59)50(58)46(42-53)60-45)48(56)44(54)38-36-34-32-30-28-16-14-12-10-8-6-4-2/h43-46,48-51,53-54,56-59H,4,6,8,10,12,14,16,28,30,32,34,36,38,40-42H2,1-2H3,(H,52,55)/t43-,44+,45+,46?,48-,49?,50-,51+/m0/s1. The molecule has 0 radical (unpaired) electrons. The summed E-state index contributed by atoms with van der Waals surface area (Å²) in [5, 5.41) is 64.9. The molecule has 2 unspecified atom stereocenters. The molecule has 1 aliphatic heterocycles. The van der Waals surface area contributed by atoms with Crippen molar-refractivity contribution in [3.63, 3.8) is 0 Å². The van der Waals surface area contributed by atoms with Crippen LogP contribution in [0, 0.1) is 142 Å². The molecule has 310 valence electrons. The molecule has 9 nitrogen and oxygen atoms in total. The number of carbonyl (C=O) groups is 1. The largest absolute Gasteiger partial charge is 0.394 e. The van der Waals surface area contributed by atoms with Crippen LogP contribution < -0.4 is 5.32 Å². The summed E-state index contributed by atoms with van der Waals surface area (Å²) in [5.74, 6) is 58.8. The van der Waals surface area contributed by atoms with Gasteiger partial charge in [-0.15, -0.1) is 0 Å². The highest BCUT2D eigenvalue weighted by molar-refractivity contribution is 5.94. The molecule has 8 atom stereocenters. The summed E-state index contributed by atoms with van der Waals surface area (Å²) < 4.78 is 5.59. The third kappa shape index (κ3) is 26.0. The van der Waals surface area contributed by atoms with Crippen LogP contribution in [0.5, 0.6) is 0 Å². The topological polar surface area (TPSA) is 160 Å². The van der Waals surface area contributed by atoms with Gasteiger partial charge in [0.1, 0.15) is 30.5 Å². The van der Waals surface area contributed by atoms with Gasteiger partial charge in [0.05, 0.1) is 24.9 Å². The molecule has 0 saturated carbocycles. The van der Waals surface area contributed by atoms with E-state index in [0.717, 1.165) is 19.3 Å². The molecule has 0 aromatic carbocycles. The number of aliphatic hydroxyl groups excluding tert-OH is 6. The third-order valence-corrected chi connectivity index (χ3v) is 8.84. The Balaban J connectivity index is 2.73. The SMILES string of the molecule is CC#CC#CC#CC#CC#CC#CC#CC#CC#CC#CC#CC#CC(=O)N[C@@H](CC[C@H]1OC(CO)[C@H](O)[C@H](O)C1O)[C@H](O)[C@H](O)CCCCCCCCCCCCCC. The van der Waals surface area contributed by atoms with Gasteiger partial charge >= 0.3 is 0 Å². The molecular formula is C51H53NO8. The normalized spacial score (nSPS) is 17.8. The van der Waals surface area contributed by atoms with E-state index >= 15 is 0 Å². The number of rotatable bonds is 20. The fourth-order valence-corrected chi connectivity index (χ4v) is 5.70. The molecule has 1 rings (SSSR count). The summed E-state index contributed by atoms with van der Waals surface area (Å²) in [6.45, 7) is 3.31. The highest BCUT2D eigenvalue weighted by atomic mass is 16.5. The first-order chi connectivity index (χ1) is 29.3. The number of amides is 1. The summed E-state index contributed by atoms with van der Waals surface area (Å²) in [7, 11) is 0. The van der Waals surface area contributed by atoms with Crippen LogP contribution in [0.2, 0.25) is 0 Å². The second kappa shape index (κ2) is 36.0. The average molecular weight is 808 g/mol. The van der Waals surface area contributed by atoms with Crippen LogP contribution in [-0.4, -0.2) is 91.9 Å². The van der Waals surface area contributed by atoms with Crippen molar-refractivity contribution in [2.75, 3.05) is 6.61 Å². The first-order valence-corrected chi connectivity index (χ1v) is 20.2. The first kappa shape index (κ1) is 51.9. The minimum atomic E-state index is -1.56. The lowest BCUT2D eigenvalue weighted by molar-refractivity contribution is -0.231. The van der Waals surface area contributed by atoms with Gasteiger partial charge in [0, 0.05) is 41.4 Å². The Kier molecular flexibility index (Phi) is 31.2. The maximum atomic E-state index is 12.7. The summed E-state index contributed by atoms with van der Waals surface area (Å²) in [6.07, 6.45) is 5.01. The van der Waals surface area contributed by atoms with Gasteiger partial charge in [-0.05, 0) is 121 Å². The molecule has 9 heteroatoms. The Morgan fingerprint density at radius 1 is 0.533 bits per heavy atom. The van der Waals surface area contributed by atoms with E-state index in [0.29, 0.717) is 12.8 Å². The molecule has 0 aliphatic carbocycles. The van der Waals surface area contributed by atoms with Crippen LogP contribution in [0.15, 0.2) is 0 Å². The molecule has 1 amide bonds. The van der Waals surface area contributed by atoms with Gasteiger partial charge in [0.15, 0.2) is 0 Å². The van der Waals surface area contributed by atoms with Gasteiger partial charge in [-0.1, -0.05) is 89.9 Å². The number of unbranched alkanes of at least 4 members (excludes halogenated alkanes) is 11. The number of hydrogen-bond donors (Lipinski definition) is 7. The van der Waals surface area contributed by atoms with Gasteiger partial charge in [-0.3, -0.25) is 4.79 Å². The molecule has 7 N–H and O–H groups in total. The average Bonchev–Trinajstić information content (AvgIpc) is 3.25. The molecule has 1 fully saturated rings. The van der Waals surface area contributed by atoms with E-state index in [-0.39, 0.29) is 12.8 Å². The fraction of sp³-hybridized carbons (Fsp3) is 0.510. The fourth-order valence-electron chi connectivity index (χ4n) is 5.70. The van der Waals surface area contributed by atoms with Gasteiger partial charge in [-0.25, -0.2) is 0 Å².